The first-order valence-corrected chi connectivity index (χ1v) is 29.1. The Hall–Kier alpha value is -10.3. The molecule has 0 fully saturated rings. The van der Waals surface area contributed by atoms with Gasteiger partial charge in [-0.3, -0.25) is 0 Å². The van der Waals surface area contributed by atoms with Gasteiger partial charge in [-0.2, -0.15) is 0 Å². The molecule has 84 heavy (non-hydrogen) atoms. The predicted octanol–water partition coefficient (Wildman–Crippen LogP) is 23.1. The summed E-state index contributed by atoms with van der Waals surface area (Å²) in [4.78, 5) is 4.89. The molecule has 0 saturated heterocycles. The lowest BCUT2D eigenvalue weighted by atomic mass is 9.88. The van der Waals surface area contributed by atoms with Gasteiger partial charge < -0.3 is 9.80 Å². The van der Waals surface area contributed by atoms with Gasteiger partial charge >= 0.3 is 0 Å². The molecule has 0 atom stereocenters. The molecule has 0 saturated carbocycles. The largest absolute Gasteiger partial charge is 0.310 e. The molecule has 0 N–H and O–H groups in total. The third-order valence-corrected chi connectivity index (χ3v) is 15.9. The van der Waals surface area contributed by atoms with Crippen LogP contribution in [0.3, 0.4) is 0 Å². The molecule has 0 aromatic heterocycles. The minimum atomic E-state index is 1.09. The number of anilines is 6. The molecule has 12 aromatic carbocycles. The Labute approximate surface area is 496 Å². The Morgan fingerprint density at radius 2 is 0.405 bits per heavy atom. The molecule has 0 aliphatic carbocycles. The second-order valence-corrected chi connectivity index (χ2v) is 22.3. The summed E-state index contributed by atoms with van der Waals surface area (Å²) in [6.07, 6.45) is 17.5. The van der Waals surface area contributed by atoms with Crippen molar-refractivity contribution < 1.29 is 0 Å². The summed E-state index contributed by atoms with van der Waals surface area (Å²) in [7, 11) is 0. The lowest BCUT2D eigenvalue weighted by molar-refractivity contribution is 1.26. The van der Waals surface area contributed by atoms with Crippen LogP contribution in [0.25, 0.3) is 81.3 Å². The van der Waals surface area contributed by atoms with Crippen molar-refractivity contribution in [3.05, 3.63) is 333 Å². The van der Waals surface area contributed by atoms with E-state index in [2.05, 4.69) is 355 Å². The van der Waals surface area contributed by atoms with Crippen LogP contribution in [0, 0.1) is 41.5 Å². The fourth-order valence-electron chi connectivity index (χ4n) is 11.3. The third-order valence-electron chi connectivity index (χ3n) is 15.9. The van der Waals surface area contributed by atoms with Crippen molar-refractivity contribution in [1.29, 1.82) is 0 Å². The van der Waals surface area contributed by atoms with E-state index in [9.17, 15) is 0 Å². The molecule has 0 aliphatic heterocycles. The van der Waals surface area contributed by atoms with Crippen molar-refractivity contribution in [3.63, 3.8) is 0 Å². The van der Waals surface area contributed by atoms with Crippen molar-refractivity contribution >= 4 is 104 Å². The van der Waals surface area contributed by atoms with Crippen LogP contribution in [0.5, 0.6) is 0 Å². The van der Waals surface area contributed by atoms with Crippen molar-refractivity contribution in [2.75, 3.05) is 9.80 Å². The summed E-state index contributed by atoms with van der Waals surface area (Å²) in [6.45, 7) is 13.1. The van der Waals surface area contributed by atoms with Gasteiger partial charge in [-0.1, -0.05) is 265 Å². The molecule has 2 nitrogen and oxygen atoms in total. The number of fused-ring (bicyclic) bond motifs is 2. The van der Waals surface area contributed by atoms with Gasteiger partial charge in [-0.05, 0) is 180 Å². The van der Waals surface area contributed by atoms with E-state index in [4.69, 9.17) is 0 Å². The Kier molecular flexibility index (Phi) is 15.8. The number of hydrogen-bond donors (Lipinski definition) is 0. The van der Waals surface area contributed by atoms with Gasteiger partial charge in [0.1, 0.15) is 0 Å². The van der Waals surface area contributed by atoms with Crippen LogP contribution < -0.4 is 9.80 Å². The van der Waals surface area contributed by atoms with Crippen molar-refractivity contribution in [1.82, 2.24) is 0 Å². The first kappa shape index (κ1) is 54.3. The normalized spacial score (nSPS) is 11.7. The summed E-state index contributed by atoms with van der Waals surface area (Å²) in [5.41, 5.74) is 25.7. The van der Waals surface area contributed by atoms with Gasteiger partial charge in [0.2, 0.25) is 0 Å². The zero-order valence-corrected chi connectivity index (χ0v) is 48.8. The van der Waals surface area contributed by atoms with Gasteiger partial charge in [0.25, 0.3) is 0 Å². The van der Waals surface area contributed by atoms with Crippen LogP contribution in [-0.2, 0) is 0 Å². The van der Waals surface area contributed by atoms with Crippen LogP contribution in [0.1, 0.15) is 77.9 Å². The maximum Gasteiger partial charge on any atom is 0.0569 e. The van der Waals surface area contributed by atoms with Gasteiger partial charge in [0.05, 0.1) is 11.4 Å². The second kappa shape index (κ2) is 24.4. The highest BCUT2D eigenvalue weighted by atomic mass is 15.2. The Bertz CT molecular complexity index is 3900. The molecule has 0 spiro atoms. The molecular weight excluding hydrogens is 1010 g/mol. The zero-order valence-electron chi connectivity index (χ0n) is 48.8. The molecule has 12 aromatic rings. The third kappa shape index (κ3) is 12.2. The Morgan fingerprint density at radius 3 is 0.619 bits per heavy atom. The molecule has 0 aliphatic rings. The zero-order chi connectivity index (χ0) is 57.5. The van der Waals surface area contributed by atoms with E-state index in [0.29, 0.717) is 0 Å². The number of benzene rings is 12. The molecular formula is C82H68N2. The highest BCUT2D eigenvalue weighted by Crippen LogP contribution is 2.49. The van der Waals surface area contributed by atoms with E-state index in [1.165, 1.54) is 88.3 Å². The van der Waals surface area contributed by atoms with Crippen LogP contribution >= 0.6 is 0 Å². The van der Waals surface area contributed by atoms with E-state index >= 15 is 0 Å². The standard InChI is InChI=1S/C82H68N2/c1-57-15-23-63(24-16-57)31-35-67-39-47-71(48-40-67)83(72-49-41-68(42-50-72)36-32-64-25-17-58(2)18-26-64)81-61(5)55-79(75-11-7-9-13-77(75)81)80-56-62(6)82(78-14-10-8-12-76(78)80)84(73-51-43-69(44-52-73)37-33-65-27-19-59(3)20-28-65)74-53-45-70(46-54-74)38-34-66-29-21-60(4)22-30-66/h7-56H,1-6H3. The molecule has 0 heterocycles. The van der Waals surface area contributed by atoms with Crippen molar-refractivity contribution in [2.24, 2.45) is 0 Å². The fourth-order valence-corrected chi connectivity index (χ4v) is 11.3. The smallest absolute Gasteiger partial charge is 0.0569 e. The number of aryl methyl sites for hydroxylation is 6. The number of nitrogens with zero attached hydrogens (tertiary/aromatic N) is 2. The quantitative estimate of drug-likeness (QED) is 0.0944. The van der Waals surface area contributed by atoms with Crippen LogP contribution in [-0.4, -0.2) is 0 Å². The molecule has 0 radical (unpaired) electrons. The van der Waals surface area contributed by atoms with Gasteiger partial charge in [-0.25, -0.2) is 0 Å². The summed E-state index contributed by atoms with van der Waals surface area (Å²) in [6, 6.07) is 93.4. The maximum atomic E-state index is 2.44. The number of hydrogen-bond acceptors (Lipinski definition) is 2. The molecule has 12 rings (SSSR count). The second-order valence-electron chi connectivity index (χ2n) is 22.3. The Balaban J connectivity index is 0.959. The molecule has 0 bridgehead atoms. The maximum absolute atomic E-state index is 2.44. The highest BCUT2D eigenvalue weighted by molar-refractivity contribution is 6.14. The first-order valence-electron chi connectivity index (χ1n) is 29.1. The van der Waals surface area contributed by atoms with E-state index in [-0.39, 0.29) is 0 Å². The first-order chi connectivity index (χ1) is 41.1. The van der Waals surface area contributed by atoms with E-state index in [0.717, 1.165) is 56.4 Å². The summed E-state index contributed by atoms with van der Waals surface area (Å²) >= 11 is 0. The minimum absolute atomic E-state index is 1.09. The van der Waals surface area contributed by atoms with E-state index in [1.54, 1.807) is 0 Å². The van der Waals surface area contributed by atoms with Gasteiger partial charge in [0.15, 0.2) is 0 Å². The fraction of sp³-hybridized carbons (Fsp3) is 0.0732. The number of rotatable bonds is 15. The average Bonchev–Trinajstić information content (AvgIpc) is 1.50. The van der Waals surface area contributed by atoms with Crippen LogP contribution in [0.4, 0.5) is 34.1 Å². The van der Waals surface area contributed by atoms with Gasteiger partial charge in [-0.15, -0.1) is 0 Å². The average molecular weight is 1080 g/mol. The Morgan fingerprint density at radius 1 is 0.214 bits per heavy atom. The minimum Gasteiger partial charge on any atom is -0.310 e. The topological polar surface area (TPSA) is 6.48 Å². The molecule has 0 amide bonds. The summed E-state index contributed by atoms with van der Waals surface area (Å²) in [5, 5.41) is 4.74. The van der Waals surface area contributed by atoms with Crippen LogP contribution in [0.15, 0.2) is 255 Å². The molecule has 406 valence electrons. The van der Waals surface area contributed by atoms with Crippen molar-refractivity contribution in [2.45, 2.75) is 41.5 Å². The summed E-state index contributed by atoms with van der Waals surface area (Å²) in [5.74, 6) is 0. The van der Waals surface area contributed by atoms with Gasteiger partial charge in [0, 0.05) is 33.5 Å². The SMILES string of the molecule is Cc1ccc(C=Cc2ccc(N(c3ccc(C=Cc4ccc(C)cc4)cc3)c3c(C)cc(-c4cc(C)c(N(c5ccc(C=Cc6ccc(C)cc6)cc5)c5ccc(C=Cc6ccc(C)cc6)cc5)c5ccccc45)c4ccccc34)cc2)cc1. The summed E-state index contributed by atoms with van der Waals surface area (Å²) < 4.78 is 0. The van der Waals surface area contributed by atoms with Crippen LogP contribution in [0.2, 0.25) is 0 Å². The predicted molar refractivity (Wildman–Crippen MR) is 366 cm³/mol. The molecule has 2 heteroatoms. The monoisotopic (exact) mass is 1080 g/mol. The van der Waals surface area contributed by atoms with E-state index in [1.807, 2.05) is 0 Å². The lowest BCUT2D eigenvalue weighted by Crippen LogP contribution is -2.13. The molecule has 0 unspecified atom stereocenters. The van der Waals surface area contributed by atoms with Crippen molar-refractivity contribution in [3.8, 4) is 11.1 Å². The van der Waals surface area contributed by atoms with E-state index < -0.39 is 0 Å². The lowest BCUT2D eigenvalue weighted by Gasteiger charge is -2.31. The highest BCUT2D eigenvalue weighted by Gasteiger charge is 2.24.